The summed E-state index contributed by atoms with van der Waals surface area (Å²) < 4.78 is 90.5. The first-order chi connectivity index (χ1) is 23.6. The van der Waals surface area contributed by atoms with Crippen molar-refractivity contribution in [2.24, 2.45) is 5.73 Å². The molecule has 0 atom stereocenters. The third kappa shape index (κ3) is 12.7. The summed E-state index contributed by atoms with van der Waals surface area (Å²) >= 11 is 6.40. The number of nitrogen functional groups attached to an aromatic ring is 1. The van der Waals surface area contributed by atoms with Crippen LogP contribution in [0.3, 0.4) is 0 Å². The minimum absolute atomic E-state index is 0.0389. The van der Waals surface area contributed by atoms with Crippen molar-refractivity contribution in [3.8, 4) is 22.8 Å². The van der Waals surface area contributed by atoms with Crippen LogP contribution in [0.15, 0.2) is 66.9 Å². The average Bonchev–Trinajstić information content (AvgIpc) is 3.51. The van der Waals surface area contributed by atoms with Crippen molar-refractivity contribution in [2.45, 2.75) is 45.8 Å². The number of nitrogens with one attached hydrogen (secondary N) is 2. The van der Waals surface area contributed by atoms with Crippen LogP contribution in [0.2, 0.25) is 5.02 Å². The number of aliphatic carboxylic acids is 2. The van der Waals surface area contributed by atoms with E-state index in [4.69, 9.17) is 52.0 Å². The van der Waals surface area contributed by atoms with Gasteiger partial charge < -0.3 is 35.3 Å². The number of hydrogen-bond acceptors (Lipinski definition) is 7. The molecule has 0 unspecified atom stereocenters. The molecule has 4 aromatic rings. The molecule has 0 aliphatic heterocycles. The number of carboxylic acids is 2. The second-order valence-electron chi connectivity index (χ2n) is 10.2. The van der Waals surface area contributed by atoms with Crippen molar-refractivity contribution in [1.29, 1.82) is 5.41 Å². The van der Waals surface area contributed by atoms with Gasteiger partial charge in [0.15, 0.2) is 11.6 Å². The highest BCUT2D eigenvalue weighted by Gasteiger charge is 2.39. The molecule has 6 N–H and O–H groups in total. The SMILES string of the molecule is CCOc1cc(CN(c2ccc(C(=N)N)cc2)c2ncc(-c3ccccc3Cl)[nH]2)c(F)c(OC(C)C)c1.O=C(O)C(F)(F)F.O=C(O)C(F)(F)F. The van der Waals surface area contributed by atoms with Crippen molar-refractivity contribution in [2.75, 3.05) is 11.5 Å². The zero-order valence-electron chi connectivity index (χ0n) is 26.9. The third-order valence-corrected chi connectivity index (χ3v) is 6.38. The molecular weight excluding hydrogens is 719 g/mol. The molecule has 0 amide bonds. The van der Waals surface area contributed by atoms with Crippen molar-refractivity contribution >= 4 is 41.0 Å². The number of hydrogen-bond donors (Lipinski definition) is 5. The summed E-state index contributed by atoms with van der Waals surface area (Å²) in [5.41, 5.74) is 8.83. The van der Waals surface area contributed by atoms with E-state index >= 15 is 4.39 Å². The van der Waals surface area contributed by atoms with Crippen LogP contribution in [0.5, 0.6) is 11.5 Å². The van der Waals surface area contributed by atoms with Crippen LogP contribution in [0, 0.1) is 11.2 Å². The Morgan fingerprint density at radius 1 is 1.00 bits per heavy atom. The zero-order chi connectivity index (χ0) is 38.7. The Hall–Kier alpha value is -5.52. The fourth-order valence-corrected chi connectivity index (χ4v) is 4.11. The highest BCUT2D eigenvalue weighted by atomic mass is 35.5. The van der Waals surface area contributed by atoms with Gasteiger partial charge in [0.1, 0.15) is 11.6 Å². The Balaban J connectivity index is 0.000000543. The predicted molar refractivity (Wildman–Crippen MR) is 173 cm³/mol. The van der Waals surface area contributed by atoms with Gasteiger partial charge in [0.25, 0.3) is 0 Å². The van der Waals surface area contributed by atoms with Crippen LogP contribution in [-0.2, 0) is 16.1 Å². The molecule has 1 heterocycles. The summed E-state index contributed by atoms with van der Waals surface area (Å²) in [5.74, 6) is -4.90. The highest BCUT2D eigenvalue weighted by molar-refractivity contribution is 6.33. The maximum atomic E-state index is 15.6. The molecule has 276 valence electrons. The molecule has 51 heavy (non-hydrogen) atoms. The molecule has 0 aliphatic rings. The number of anilines is 2. The van der Waals surface area contributed by atoms with Gasteiger partial charge in [-0.05, 0) is 57.2 Å². The first-order valence-corrected chi connectivity index (χ1v) is 14.8. The maximum Gasteiger partial charge on any atom is 0.490 e. The fourth-order valence-electron chi connectivity index (χ4n) is 3.88. The largest absolute Gasteiger partial charge is 0.494 e. The number of benzene rings is 3. The first kappa shape index (κ1) is 41.7. The minimum atomic E-state index is -5.08. The number of carbonyl (C=O) groups is 2. The average molecular weight is 750 g/mol. The molecule has 0 spiro atoms. The zero-order valence-corrected chi connectivity index (χ0v) is 27.6. The van der Waals surface area contributed by atoms with E-state index in [0.29, 0.717) is 34.5 Å². The summed E-state index contributed by atoms with van der Waals surface area (Å²) in [6.45, 7) is 6.11. The molecule has 0 aliphatic carbocycles. The van der Waals surface area contributed by atoms with E-state index in [-0.39, 0.29) is 24.2 Å². The molecule has 0 saturated heterocycles. The second-order valence-corrected chi connectivity index (χ2v) is 10.7. The lowest BCUT2D eigenvalue weighted by Gasteiger charge is -2.24. The van der Waals surface area contributed by atoms with Crippen molar-refractivity contribution in [3.05, 3.63) is 88.8 Å². The van der Waals surface area contributed by atoms with Gasteiger partial charge in [0.2, 0.25) is 5.95 Å². The lowest BCUT2D eigenvalue weighted by Crippen LogP contribution is -2.21. The molecular formula is C32H31ClF7N5O6. The summed E-state index contributed by atoms with van der Waals surface area (Å²) in [5, 5.41) is 22.5. The van der Waals surface area contributed by atoms with E-state index in [2.05, 4.69) is 9.97 Å². The number of rotatable bonds is 10. The number of nitrogens with zero attached hydrogens (tertiary/aromatic N) is 2. The molecule has 11 nitrogen and oxygen atoms in total. The first-order valence-electron chi connectivity index (χ1n) is 14.4. The van der Waals surface area contributed by atoms with Crippen molar-refractivity contribution < 1.29 is 60.0 Å². The van der Waals surface area contributed by atoms with Gasteiger partial charge in [0, 0.05) is 33.5 Å². The number of alkyl halides is 6. The van der Waals surface area contributed by atoms with Gasteiger partial charge in [-0.3, -0.25) is 5.41 Å². The van der Waals surface area contributed by atoms with Crippen molar-refractivity contribution in [1.82, 2.24) is 9.97 Å². The number of amidine groups is 1. The Labute approximate surface area is 290 Å². The van der Waals surface area contributed by atoms with Gasteiger partial charge in [-0.25, -0.2) is 19.0 Å². The smallest absolute Gasteiger partial charge is 0.490 e. The van der Waals surface area contributed by atoms with Crippen LogP contribution in [0.1, 0.15) is 31.9 Å². The van der Waals surface area contributed by atoms with E-state index in [9.17, 15) is 26.3 Å². The van der Waals surface area contributed by atoms with Gasteiger partial charge >= 0.3 is 24.3 Å². The normalized spacial score (nSPS) is 11.1. The Morgan fingerprint density at radius 3 is 2.02 bits per heavy atom. The number of halogens is 8. The van der Waals surface area contributed by atoms with Crippen LogP contribution in [0.4, 0.5) is 42.4 Å². The standard InChI is InChI=1S/C28H29ClFN5O2.2C2HF3O2/c1-4-36-21-13-19(26(30)25(14-21)37-17(2)3)16-35(20-11-9-18(10-12-20)27(31)32)28-33-15-24(34-28)22-7-5-6-8-23(22)29;2*3-2(4,5)1(6)7/h5-15,17H,4,16H2,1-3H3,(H3,31,32)(H,33,34);2*(H,6,7). The van der Waals surface area contributed by atoms with E-state index in [1.165, 1.54) is 0 Å². The summed E-state index contributed by atoms with van der Waals surface area (Å²) in [7, 11) is 0. The van der Waals surface area contributed by atoms with E-state index < -0.39 is 30.1 Å². The topological polar surface area (TPSA) is 175 Å². The molecule has 3 aromatic carbocycles. The Morgan fingerprint density at radius 2 is 1.55 bits per heavy atom. The van der Waals surface area contributed by atoms with E-state index in [1.807, 2.05) is 56.0 Å². The summed E-state index contributed by atoms with van der Waals surface area (Å²) in [6, 6.07) is 17.8. The van der Waals surface area contributed by atoms with E-state index in [1.54, 1.807) is 36.5 Å². The van der Waals surface area contributed by atoms with E-state index in [0.717, 1.165) is 16.9 Å². The molecule has 4 rings (SSSR count). The number of aromatic nitrogens is 2. The van der Waals surface area contributed by atoms with Crippen LogP contribution >= 0.6 is 11.6 Å². The number of H-pyrrole nitrogens is 1. The minimum Gasteiger partial charge on any atom is -0.494 e. The molecule has 0 bridgehead atoms. The Kier molecular flexibility index (Phi) is 14.6. The monoisotopic (exact) mass is 749 g/mol. The highest BCUT2D eigenvalue weighted by Crippen LogP contribution is 2.34. The summed E-state index contributed by atoms with van der Waals surface area (Å²) in [4.78, 5) is 27.5. The number of carboxylic acid groups (broad SMARTS) is 2. The molecule has 1 aromatic heterocycles. The fraction of sp³-hybridized carbons (Fsp3) is 0.250. The lowest BCUT2D eigenvalue weighted by atomic mass is 10.1. The molecule has 19 heteroatoms. The predicted octanol–water partition coefficient (Wildman–Crippen LogP) is 7.94. The quantitative estimate of drug-likeness (QED) is 0.0612. The van der Waals surface area contributed by atoms with Gasteiger partial charge in [-0.1, -0.05) is 29.8 Å². The van der Waals surface area contributed by atoms with Crippen molar-refractivity contribution in [3.63, 3.8) is 0 Å². The number of ether oxygens (including phenoxy) is 2. The van der Waals surface area contributed by atoms with Crippen LogP contribution in [-0.4, -0.2) is 63.0 Å². The lowest BCUT2D eigenvalue weighted by molar-refractivity contribution is -0.193. The third-order valence-electron chi connectivity index (χ3n) is 6.05. The number of imidazole rings is 1. The molecule has 0 fully saturated rings. The van der Waals surface area contributed by atoms with Crippen LogP contribution < -0.4 is 20.1 Å². The van der Waals surface area contributed by atoms with Gasteiger partial charge in [-0.2, -0.15) is 26.3 Å². The Bertz CT molecular complexity index is 1770. The van der Waals surface area contributed by atoms with Gasteiger partial charge in [0.05, 0.1) is 31.1 Å². The number of aromatic amines is 1. The second kappa shape index (κ2) is 17.9. The molecule has 0 saturated carbocycles. The van der Waals surface area contributed by atoms with Gasteiger partial charge in [-0.15, -0.1) is 0 Å². The van der Waals surface area contributed by atoms with Crippen LogP contribution in [0.25, 0.3) is 11.3 Å². The molecule has 0 radical (unpaired) electrons. The maximum absolute atomic E-state index is 15.6. The summed E-state index contributed by atoms with van der Waals surface area (Å²) in [6.07, 6.45) is -8.69. The number of nitrogens with two attached hydrogens (primary N) is 1.